The van der Waals surface area contributed by atoms with Crippen LogP contribution in [0.3, 0.4) is 0 Å². The summed E-state index contributed by atoms with van der Waals surface area (Å²) < 4.78 is 0. The summed E-state index contributed by atoms with van der Waals surface area (Å²) >= 11 is 0. The van der Waals surface area contributed by atoms with Gasteiger partial charge in [-0.05, 0) is 50.1 Å². The summed E-state index contributed by atoms with van der Waals surface area (Å²) in [4.78, 5) is 0. The maximum atomic E-state index is 3.42. The number of hydrogen-bond donors (Lipinski definition) is 1. The molecular formula is C15H29N. The van der Waals surface area contributed by atoms with Gasteiger partial charge in [-0.15, -0.1) is 0 Å². The Morgan fingerprint density at radius 1 is 1.12 bits per heavy atom. The van der Waals surface area contributed by atoms with E-state index in [-0.39, 0.29) is 0 Å². The molecule has 0 amide bonds. The molecule has 3 atom stereocenters. The fourth-order valence-electron chi connectivity index (χ4n) is 3.99. The first-order valence-corrected chi connectivity index (χ1v) is 7.49. The Kier molecular flexibility index (Phi) is 4.69. The van der Waals surface area contributed by atoms with Crippen LogP contribution in [0.2, 0.25) is 0 Å². The van der Waals surface area contributed by atoms with Gasteiger partial charge >= 0.3 is 0 Å². The molecule has 0 spiro atoms. The minimum Gasteiger partial charge on any atom is -0.319 e. The van der Waals surface area contributed by atoms with Crippen LogP contribution in [-0.4, -0.2) is 13.6 Å². The molecule has 2 aliphatic carbocycles. The van der Waals surface area contributed by atoms with Crippen LogP contribution in [0.5, 0.6) is 0 Å². The third kappa shape index (κ3) is 2.80. The lowest BCUT2D eigenvalue weighted by Gasteiger charge is -2.44. The van der Waals surface area contributed by atoms with E-state index in [0.29, 0.717) is 0 Å². The Morgan fingerprint density at radius 3 is 2.50 bits per heavy atom. The fraction of sp³-hybridized carbons (Fsp3) is 1.00. The summed E-state index contributed by atoms with van der Waals surface area (Å²) in [6, 6.07) is 0. The van der Waals surface area contributed by atoms with Crippen molar-refractivity contribution in [3.8, 4) is 0 Å². The van der Waals surface area contributed by atoms with E-state index in [9.17, 15) is 0 Å². The van der Waals surface area contributed by atoms with Gasteiger partial charge in [0.25, 0.3) is 0 Å². The standard InChI is InChI=1S/C15H29N/c1-3-5-12-8-9-14(11-16-2)15(10-12)13-6-4-7-13/h12-16H,3-11H2,1-2H3. The maximum absolute atomic E-state index is 3.42. The van der Waals surface area contributed by atoms with Crippen molar-refractivity contribution < 1.29 is 0 Å². The van der Waals surface area contributed by atoms with Gasteiger partial charge in [0.2, 0.25) is 0 Å². The van der Waals surface area contributed by atoms with Gasteiger partial charge in [0, 0.05) is 0 Å². The van der Waals surface area contributed by atoms with Crippen LogP contribution in [0.25, 0.3) is 0 Å². The minimum atomic E-state index is 0.989. The molecule has 0 aromatic carbocycles. The van der Waals surface area contributed by atoms with Crippen LogP contribution in [0.4, 0.5) is 0 Å². The molecular weight excluding hydrogens is 194 g/mol. The largest absolute Gasteiger partial charge is 0.319 e. The lowest BCUT2D eigenvalue weighted by molar-refractivity contribution is 0.0719. The van der Waals surface area contributed by atoms with Crippen LogP contribution in [0, 0.1) is 23.7 Å². The summed E-state index contributed by atoms with van der Waals surface area (Å²) in [5.74, 6) is 4.21. The topological polar surface area (TPSA) is 12.0 Å². The molecule has 0 bridgehead atoms. The van der Waals surface area contributed by atoms with E-state index in [1.807, 2.05) is 0 Å². The van der Waals surface area contributed by atoms with Crippen molar-refractivity contribution in [2.45, 2.75) is 58.3 Å². The molecule has 3 unspecified atom stereocenters. The van der Waals surface area contributed by atoms with Crippen LogP contribution in [-0.2, 0) is 0 Å². The average Bonchev–Trinajstić information content (AvgIpc) is 2.20. The van der Waals surface area contributed by atoms with E-state index in [0.717, 1.165) is 23.7 Å². The lowest BCUT2D eigenvalue weighted by Crippen LogP contribution is -2.38. The monoisotopic (exact) mass is 223 g/mol. The van der Waals surface area contributed by atoms with Crippen LogP contribution < -0.4 is 5.32 Å². The van der Waals surface area contributed by atoms with Crippen molar-refractivity contribution >= 4 is 0 Å². The number of hydrogen-bond acceptors (Lipinski definition) is 1. The normalized spacial score (nSPS) is 36.0. The van der Waals surface area contributed by atoms with Gasteiger partial charge in [-0.25, -0.2) is 0 Å². The molecule has 1 heteroatoms. The van der Waals surface area contributed by atoms with Gasteiger partial charge in [0.05, 0.1) is 0 Å². The van der Waals surface area contributed by atoms with Crippen molar-refractivity contribution in [2.75, 3.05) is 13.6 Å². The summed E-state index contributed by atoms with van der Waals surface area (Å²) in [5, 5.41) is 3.42. The van der Waals surface area contributed by atoms with Crippen LogP contribution in [0.1, 0.15) is 58.3 Å². The van der Waals surface area contributed by atoms with E-state index < -0.39 is 0 Å². The first-order chi connectivity index (χ1) is 7.85. The number of rotatable bonds is 5. The molecule has 2 fully saturated rings. The Bertz CT molecular complexity index is 198. The van der Waals surface area contributed by atoms with Crippen molar-refractivity contribution in [1.29, 1.82) is 0 Å². The second-order valence-electron chi connectivity index (χ2n) is 6.14. The van der Waals surface area contributed by atoms with Crippen molar-refractivity contribution in [3.63, 3.8) is 0 Å². The summed E-state index contributed by atoms with van der Waals surface area (Å²) in [7, 11) is 2.12. The zero-order valence-electron chi connectivity index (χ0n) is 11.2. The van der Waals surface area contributed by atoms with E-state index in [1.165, 1.54) is 51.5 Å². The SMILES string of the molecule is CCCC1CCC(CNC)C(C2CCC2)C1. The molecule has 0 aliphatic heterocycles. The first kappa shape index (κ1) is 12.4. The van der Waals surface area contributed by atoms with E-state index in [1.54, 1.807) is 6.42 Å². The highest BCUT2D eigenvalue weighted by Gasteiger charge is 2.37. The van der Waals surface area contributed by atoms with E-state index in [2.05, 4.69) is 19.3 Å². The fourth-order valence-corrected chi connectivity index (χ4v) is 3.99. The molecule has 94 valence electrons. The van der Waals surface area contributed by atoms with Crippen molar-refractivity contribution in [2.24, 2.45) is 23.7 Å². The molecule has 0 radical (unpaired) electrons. The molecule has 2 rings (SSSR count). The highest BCUT2D eigenvalue weighted by atomic mass is 14.8. The Balaban J connectivity index is 1.89. The Hall–Kier alpha value is -0.0400. The third-order valence-electron chi connectivity index (χ3n) is 5.08. The lowest BCUT2D eigenvalue weighted by atomic mass is 9.62. The molecule has 2 saturated carbocycles. The minimum absolute atomic E-state index is 0.989. The van der Waals surface area contributed by atoms with Crippen molar-refractivity contribution in [3.05, 3.63) is 0 Å². The van der Waals surface area contributed by atoms with Gasteiger partial charge < -0.3 is 5.32 Å². The molecule has 16 heavy (non-hydrogen) atoms. The first-order valence-electron chi connectivity index (χ1n) is 7.49. The zero-order chi connectivity index (χ0) is 11.4. The summed E-state index contributed by atoms with van der Waals surface area (Å²) in [6.07, 6.45) is 12.0. The molecule has 0 aromatic heterocycles. The number of nitrogens with one attached hydrogen (secondary N) is 1. The van der Waals surface area contributed by atoms with Gasteiger partial charge in [-0.3, -0.25) is 0 Å². The van der Waals surface area contributed by atoms with Gasteiger partial charge in [-0.2, -0.15) is 0 Å². The predicted octanol–water partition coefficient (Wildman–Crippen LogP) is 3.84. The highest BCUT2D eigenvalue weighted by Crippen LogP contribution is 2.46. The third-order valence-corrected chi connectivity index (χ3v) is 5.08. The maximum Gasteiger partial charge on any atom is -0.00208 e. The second-order valence-corrected chi connectivity index (χ2v) is 6.14. The van der Waals surface area contributed by atoms with Crippen molar-refractivity contribution in [1.82, 2.24) is 5.32 Å². The van der Waals surface area contributed by atoms with E-state index in [4.69, 9.17) is 0 Å². The Morgan fingerprint density at radius 2 is 1.94 bits per heavy atom. The molecule has 1 N–H and O–H groups in total. The highest BCUT2D eigenvalue weighted by molar-refractivity contribution is 4.88. The van der Waals surface area contributed by atoms with Gasteiger partial charge in [0.1, 0.15) is 0 Å². The van der Waals surface area contributed by atoms with Crippen LogP contribution in [0.15, 0.2) is 0 Å². The molecule has 0 aromatic rings. The zero-order valence-corrected chi connectivity index (χ0v) is 11.2. The van der Waals surface area contributed by atoms with Gasteiger partial charge in [-0.1, -0.05) is 45.4 Å². The Labute approximate surface area is 101 Å². The van der Waals surface area contributed by atoms with Crippen LogP contribution >= 0.6 is 0 Å². The average molecular weight is 223 g/mol. The van der Waals surface area contributed by atoms with E-state index >= 15 is 0 Å². The molecule has 1 nitrogen and oxygen atoms in total. The molecule has 0 heterocycles. The summed E-state index contributed by atoms with van der Waals surface area (Å²) in [5.41, 5.74) is 0. The smallest absolute Gasteiger partial charge is 0.00208 e. The molecule has 0 saturated heterocycles. The van der Waals surface area contributed by atoms with Gasteiger partial charge in [0.15, 0.2) is 0 Å². The molecule has 2 aliphatic rings. The predicted molar refractivity (Wildman–Crippen MR) is 70.5 cm³/mol. The second kappa shape index (κ2) is 6.05. The quantitative estimate of drug-likeness (QED) is 0.747. The summed E-state index contributed by atoms with van der Waals surface area (Å²) in [6.45, 7) is 3.61.